The Balaban J connectivity index is 0.000000555. The van der Waals surface area contributed by atoms with Gasteiger partial charge in [-0.2, -0.15) is 0 Å². The highest BCUT2D eigenvalue weighted by Crippen LogP contribution is 2.37. The molecular weight excluding hydrogens is 387 g/mol. The minimum absolute atomic E-state index is 0.167. The number of phosphoric acid groups is 1. The van der Waals surface area contributed by atoms with Gasteiger partial charge in [-0.1, -0.05) is 96.8 Å². The second-order valence-corrected chi connectivity index (χ2v) is 8.94. The number of phosphoric ester groups is 1. The first-order chi connectivity index (χ1) is 13.8. The number of aromatic hydroxyl groups is 1. The molecular formula is C23H43O5P. The van der Waals surface area contributed by atoms with Crippen LogP contribution in [0.3, 0.4) is 0 Å². The van der Waals surface area contributed by atoms with E-state index in [0.29, 0.717) is 5.75 Å². The van der Waals surface area contributed by atoms with Gasteiger partial charge in [-0.05, 0) is 36.8 Å². The predicted octanol–water partition coefficient (Wildman–Crippen LogP) is 7.00. The van der Waals surface area contributed by atoms with E-state index in [1.165, 1.54) is 44.9 Å². The molecule has 29 heavy (non-hydrogen) atoms. The van der Waals surface area contributed by atoms with Gasteiger partial charge in [0, 0.05) is 0 Å². The second kappa shape index (κ2) is 17.9. The number of benzene rings is 1. The molecule has 0 bridgehead atoms. The monoisotopic (exact) mass is 430 g/mol. The van der Waals surface area contributed by atoms with Crippen molar-refractivity contribution in [2.24, 2.45) is 5.92 Å². The van der Waals surface area contributed by atoms with Gasteiger partial charge in [-0.25, -0.2) is 4.57 Å². The lowest BCUT2D eigenvalue weighted by molar-refractivity contribution is 0.161. The zero-order valence-electron chi connectivity index (χ0n) is 18.7. The van der Waals surface area contributed by atoms with E-state index < -0.39 is 7.82 Å². The van der Waals surface area contributed by atoms with E-state index in [1.807, 2.05) is 25.1 Å². The van der Waals surface area contributed by atoms with Crippen LogP contribution in [-0.2, 0) is 15.5 Å². The highest BCUT2D eigenvalue weighted by molar-refractivity contribution is 7.46. The summed E-state index contributed by atoms with van der Waals surface area (Å²) in [4.78, 5) is 17.0. The van der Waals surface area contributed by atoms with Crippen LogP contribution < -0.4 is 0 Å². The first kappa shape index (κ1) is 28.1. The van der Waals surface area contributed by atoms with Crippen LogP contribution in [0.15, 0.2) is 24.3 Å². The van der Waals surface area contributed by atoms with Crippen molar-refractivity contribution < 1.29 is 24.0 Å². The summed E-state index contributed by atoms with van der Waals surface area (Å²) in [5, 5.41) is 9.58. The molecule has 1 rings (SSSR count). The quantitative estimate of drug-likeness (QED) is 0.206. The highest BCUT2D eigenvalue weighted by atomic mass is 31.2. The van der Waals surface area contributed by atoms with Crippen molar-refractivity contribution in [3.8, 4) is 5.75 Å². The molecule has 6 heteroatoms. The number of unbranched alkanes of at least 4 members (excludes halogenated alkanes) is 7. The summed E-state index contributed by atoms with van der Waals surface area (Å²) in [7, 11) is -4.26. The van der Waals surface area contributed by atoms with Crippen LogP contribution in [-0.4, -0.2) is 21.5 Å². The van der Waals surface area contributed by atoms with E-state index in [0.717, 1.165) is 37.7 Å². The van der Waals surface area contributed by atoms with Crippen molar-refractivity contribution in [2.75, 3.05) is 6.61 Å². The Morgan fingerprint density at radius 2 is 1.48 bits per heavy atom. The smallest absolute Gasteiger partial charge is 0.469 e. The third-order valence-electron chi connectivity index (χ3n) is 5.06. The van der Waals surface area contributed by atoms with E-state index in [2.05, 4.69) is 18.4 Å². The Kier molecular flexibility index (Phi) is 17.4. The zero-order valence-corrected chi connectivity index (χ0v) is 19.6. The van der Waals surface area contributed by atoms with Gasteiger partial charge >= 0.3 is 7.82 Å². The Bertz CT molecular complexity index is 544. The van der Waals surface area contributed by atoms with Crippen LogP contribution in [0, 0.1) is 5.92 Å². The van der Waals surface area contributed by atoms with Gasteiger partial charge in [-0.15, -0.1) is 0 Å². The van der Waals surface area contributed by atoms with E-state index in [1.54, 1.807) is 6.07 Å². The molecule has 0 saturated heterocycles. The summed E-state index contributed by atoms with van der Waals surface area (Å²) in [5.74, 6) is 0.723. The summed E-state index contributed by atoms with van der Waals surface area (Å²) in [6, 6.07) is 7.67. The van der Waals surface area contributed by atoms with Gasteiger partial charge in [0.05, 0.1) is 6.61 Å². The number of hydrogen-bond donors (Lipinski definition) is 3. The number of phenolic OH excluding ortho intramolecular Hbond substituents is 1. The van der Waals surface area contributed by atoms with Crippen LogP contribution in [0.4, 0.5) is 0 Å². The Hall–Kier alpha value is -0.870. The van der Waals surface area contributed by atoms with Crippen molar-refractivity contribution in [1.82, 2.24) is 0 Å². The molecule has 0 spiro atoms. The Morgan fingerprint density at radius 3 is 2.03 bits per heavy atom. The summed E-state index contributed by atoms with van der Waals surface area (Å²) in [5.41, 5.74) is 1.09. The van der Waals surface area contributed by atoms with Gasteiger partial charge in [0.1, 0.15) is 5.75 Å². The molecule has 170 valence electrons. The SMILES string of the molecule is CCCCC(CC)COP(=O)(O)O.CCCCCCCCCc1ccccc1O. The molecule has 0 aliphatic carbocycles. The second-order valence-electron chi connectivity index (χ2n) is 7.70. The van der Waals surface area contributed by atoms with Crippen LogP contribution in [0.2, 0.25) is 0 Å². The fourth-order valence-electron chi connectivity index (χ4n) is 3.10. The highest BCUT2D eigenvalue weighted by Gasteiger charge is 2.16. The molecule has 0 heterocycles. The van der Waals surface area contributed by atoms with Gasteiger partial charge < -0.3 is 14.9 Å². The fourth-order valence-corrected chi connectivity index (χ4v) is 3.50. The maximum absolute atomic E-state index is 10.4. The minimum atomic E-state index is -4.26. The number of aryl methyl sites for hydroxylation is 1. The van der Waals surface area contributed by atoms with E-state index in [4.69, 9.17) is 9.79 Å². The van der Waals surface area contributed by atoms with Crippen molar-refractivity contribution >= 4 is 7.82 Å². The molecule has 0 amide bonds. The van der Waals surface area contributed by atoms with Crippen LogP contribution in [0.25, 0.3) is 0 Å². The summed E-state index contributed by atoms with van der Waals surface area (Å²) < 4.78 is 14.8. The summed E-state index contributed by atoms with van der Waals surface area (Å²) in [6.07, 6.45) is 14.4. The molecule has 0 fully saturated rings. The Morgan fingerprint density at radius 1 is 0.897 bits per heavy atom. The third kappa shape index (κ3) is 17.7. The molecule has 3 N–H and O–H groups in total. The predicted molar refractivity (Wildman–Crippen MR) is 121 cm³/mol. The molecule has 1 aromatic carbocycles. The number of hydrogen-bond acceptors (Lipinski definition) is 3. The lowest BCUT2D eigenvalue weighted by Crippen LogP contribution is -2.07. The largest absolute Gasteiger partial charge is 0.508 e. The van der Waals surface area contributed by atoms with Crippen LogP contribution >= 0.6 is 7.82 Å². The summed E-state index contributed by atoms with van der Waals surface area (Å²) >= 11 is 0. The number of para-hydroxylation sites is 1. The molecule has 0 radical (unpaired) electrons. The molecule has 1 aromatic rings. The average Bonchev–Trinajstić information content (AvgIpc) is 2.68. The standard InChI is InChI=1S/C15H24O.C8H19O4P/c1-2-3-4-5-6-7-8-11-14-12-9-10-13-15(14)16;1-3-5-6-8(4-2)7-12-13(9,10)11/h9-10,12-13,16H,2-8,11H2,1H3;8H,3-7H2,1-2H3,(H2,9,10,11). The number of rotatable bonds is 15. The maximum Gasteiger partial charge on any atom is 0.469 e. The zero-order chi connectivity index (χ0) is 22.0. The van der Waals surface area contributed by atoms with Crippen molar-refractivity contribution in [2.45, 2.75) is 97.8 Å². The Labute approximate surface area is 178 Å². The lowest BCUT2D eigenvalue weighted by Gasteiger charge is -2.14. The van der Waals surface area contributed by atoms with Gasteiger partial charge in [-0.3, -0.25) is 4.52 Å². The van der Waals surface area contributed by atoms with E-state index >= 15 is 0 Å². The fraction of sp³-hybridized carbons (Fsp3) is 0.739. The maximum atomic E-state index is 10.4. The minimum Gasteiger partial charge on any atom is -0.508 e. The molecule has 0 aliphatic heterocycles. The van der Waals surface area contributed by atoms with Gasteiger partial charge in [0.15, 0.2) is 0 Å². The molecule has 1 unspecified atom stereocenters. The lowest BCUT2D eigenvalue weighted by atomic mass is 10.0. The van der Waals surface area contributed by atoms with Gasteiger partial charge in [0.25, 0.3) is 0 Å². The van der Waals surface area contributed by atoms with Crippen LogP contribution in [0.1, 0.15) is 97.0 Å². The normalized spacial score (nSPS) is 12.3. The van der Waals surface area contributed by atoms with Crippen molar-refractivity contribution in [3.05, 3.63) is 29.8 Å². The van der Waals surface area contributed by atoms with Crippen molar-refractivity contribution in [1.29, 1.82) is 0 Å². The first-order valence-electron chi connectivity index (χ1n) is 11.3. The van der Waals surface area contributed by atoms with Gasteiger partial charge in [0.2, 0.25) is 0 Å². The topological polar surface area (TPSA) is 87.0 Å². The molecule has 0 aromatic heterocycles. The van der Waals surface area contributed by atoms with Crippen LogP contribution in [0.5, 0.6) is 5.75 Å². The first-order valence-corrected chi connectivity index (χ1v) is 12.8. The van der Waals surface area contributed by atoms with E-state index in [-0.39, 0.29) is 12.5 Å². The molecule has 5 nitrogen and oxygen atoms in total. The molecule has 1 atom stereocenters. The molecule has 0 saturated carbocycles. The average molecular weight is 431 g/mol. The third-order valence-corrected chi connectivity index (χ3v) is 5.55. The molecule has 0 aliphatic rings. The van der Waals surface area contributed by atoms with E-state index in [9.17, 15) is 9.67 Å². The summed E-state index contributed by atoms with van der Waals surface area (Å²) in [6.45, 7) is 6.51. The number of phenols is 1. The van der Waals surface area contributed by atoms with Crippen molar-refractivity contribution in [3.63, 3.8) is 0 Å².